The maximum atomic E-state index is 5.45. The molecular formula is C20H25N3O. The minimum Gasteiger partial charge on any atom is -0.495 e. The van der Waals surface area contributed by atoms with Gasteiger partial charge in [-0.05, 0) is 61.6 Å². The maximum absolute atomic E-state index is 5.45. The fourth-order valence-electron chi connectivity index (χ4n) is 3.06. The molecule has 3 rings (SSSR count). The third-order valence-electron chi connectivity index (χ3n) is 4.53. The Bertz CT molecular complexity index is 740. The van der Waals surface area contributed by atoms with Crippen molar-refractivity contribution in [3.05, 3.63) is 47.5 Å². The molecule has 0 heterocycles. The summed E-state index contributed by atoms with van der Waals surface area (Å²) in [5.41, 5.74) is 6.00. The molecule has 2 aromatic rings. The van der Waals surface area contributed by atoms with Crippen LogP contribution in [0.3, 0.4) is 0 Å². The molecule has 2 aromatic carbocycles. The van der Waals surface area contributed by atoms with Crippen LogP contribution in [0.2, 0.25) is 0 Å². The Morgan fingerprint density at radius 3 is 2.71 bits per heavy atom. The predicted octanol–water partition coefficient (Wildman–Crippen LogP) is 4.54. The molecule has 1 N–H and O–H groups in total. The Morgan fingerprint density at radius 1 is 1.12 bits per heavy atom. The fraction of sp³-hybridized carbons (Fsp3) is 0.350. The number of nitrogens with zero attached hydrogens (tertiary/aromatic N) is 2. The molecule has 4 heteroatoms. The molecular weight excluding hydrogens is 298 g/mol. The standard InChI is InChI=1S/C20H25N3O/c1-4-23(2)14-21-17-12-13-18(16-9-7-8-15(16)17)22-19-10-5-6-11-20(19)24-3/h5-6,10-14,22H,4,7-9H2,1-3H3. The van der Waals surface area contributed by atoms with Crippen molar-refractivity contribution in [3.8, 4) is 5.75 Å². The summed E-state index contributed by atoms with van der Waals surface area (Å²) in [5, 5.41) is 3.54. The van der Waals surface area contributed by atoms with E-state index in [1.54, 1.807) is 7.11 Å². The molecule has 0 amide bonds. The summed E-state index contributed by atoms with van der Waals surface area (Å²) in [7, 11) is 3.74. The molecule has 4 nitrogen and oxygen atoms in total. The van der Waals surface area contributed by atoms with E-state index in [2.05, 4.69) is 34.3 Å². The van der Waals surface area contributed by atoms with Gasteiger partial charge in [-0.25, -0.2) is 4.99 Å². The highest BCUT2D eigenvalue weighted by molar-refractivity contribution is 5.74. The number of hydrogen-bond donors (Lipinski definition) is 1. The van der Waals surface area contributed by atoms with Crippen molar-refractivity contribution in [3.63, 3.8) is 0 Å². The minimum atomic E-state index is 0.857. The summed E-state index contributed by atoms with van der Waals surface area (Å²) in [6, 6.07) is 12.3. The summed E-state index contributed by atoms with van der Waals surface area (Å²) < 4.78 is 5.45. The molecule has 0 aromatic heterocycles. The van der Waals surface area contributed by atoms with Crippen molar-refractivity contribution in [1.29, 1.82) is 0 Å². The van der Waals surface area contributed by atoms with Crippen LogP contribution in [0.5, 0.6) is 5.75 Å². The summed E-state index contributed by atoms with van der Waals surface area (Å²) in [6.07, 6.45) is 5.30. The fourth-order valence-corrected chi connectivity index (χ4v) is 3.06. The molecule has 0 atom stereocenters. The van der Waals surface area contributed by atoms with Crippen molar-refractivity contribution in [1.82, 2.24) is 4.90 Å². The topological polar surface area (TPSA) is 36.9 Å². The molecule has 0 unspecified atom stereocenters. The molecule has 0 radical (unpaired) electrons. The van der Waals surface area contributed by atoms with Crippen LogP contribution in [-0.2, 0) is 12.8 Å². The van der Waals surface area contributed by atoms with E-state index in [0.29, 0.717) is 0 Å². The SMILES string of the molecule is CCN(C)C=Nc1ccc(Nc2ccccc2OC)c2c1CCC2. The Hall–Kier alpha value is -2.49. The zero-order chi connectivity index (χ0) is 16.9. The van der Waals surface area contributed by atoms with Gasteiger partial charge in [0.05, 0.1) is 24.8 Å². The summed E-state index contributed by atoms with van der Waals surface area (Å²) >= 11 is 0. The van der Waals surface area contributed by atoms with Crippen molar-refractivity contribution in [2.45, 2.75) is 26.2 Å². The Morgan fingerprint density at radius 2 is 1.92 bits per heavy atom. The summed E-state index contributed by atoms with van der Waals surface area (Å²) in [6.45, 7) is 3.08. The normalized spacial score (nSPS) is 13.1. The van der Waals surface area contributed by atoms with Crippen LogP contribution >= 0.6 is 0 Å². The van der Waals surface area contributed by atoms with Crippen LogP contribution in [0.25, 0.3) is 0 Å². The van der Waals surface area contributed by atoms with E-state index in [-0.39, 0.29) is 0 Å². The van der Waals surface area contributed by atoms with Gasteiger partial charge in [-0.15, -0.1) is 0 Å². The number of fused-ring (bicyclic) bond motifs is 1. The highest BCUT2D eigenvalue weighted by atomic mass is 16.5. The third kappa shape index (κ3) is 3.37. The van der Waals surface area contributed by atoms with Gasteiger partial charge in [-0.1, -0.05) is 12.1 Å². The van der Waals surface area contributed by atoms with E-state index in [4.69, 9.17) is 4.74 Å². The number of aliphatic imine (C=N–C) groups is 1. The highest BCUT2D eigenvalue weighted by Gasteiger charge is 2.19. The van der Waals surface area contributed by atoms with E-state index in [0.717, 1.165) is 42.2 Å². The van der Waals surface area contributed by atoms with Crippen LogP contribution in [-0.4, -0.2) is 31.9 Å². The number of hydrogen-bond acceptors (Lipinski definition) is 3. The molecule has 126 valence electrons. The number of benzene rings is 2. The van der Waals surface area contributed by atoms with Gasteiger partial charge in [0.15, 0.2) is 0 Å². The smallest absolute Gasteiger partial charge is 0.142 e. The average molecular weight is 323 g/mol. The lowest BCUT2D eigenvalue weighted by atomic mass is 10.1. The number of nitrogens with one attached hydrogen (secondary N) is 1. The van der Waals surface area contributed by atoms with Gasteiger partial charge >= 0.3 is 0 Å². The molecule has 0 saturated heterocycles. The Labute approximate surface area is 144 Å². The van der Waals surface area contributed by atoms with Crippen molar-refractivity contribution in [2.24, 2.45) is 4.99 Å². The first-order chi connectivity index (χ1) is 11.7. The Kier molecular flexibility index (Phi) is 5.04. The number of anilines is 2. The second-order valence-corrected chi connectivity index (χ2v) is 6.09. The van der Waals surface area contributed by atoms with Crippen LogP contribution < -0.4 is 10.1 Å². The van der Waals surface area contributed by atoms with Crippen LogP contribution in [0.15, 0.2) is 41.4 Å². The lowest BCUT2D eigenvalue weighted by Crippen LogP contribution is -2.14. The first kappa shape index (κ1) is 16.4. The number of methoxy groups -OCH3 is 1. The van der Waals surface area contributed by atoms with Gasteiger partial charge in [0.1, 0.15) is 5.75 Å². The maximum Gasteiger partial charge on any atom is 0.142 e. The van der Waals surface area contributed by atoms with Gasteiger partial charge in [0, 0.05) is 19.3 Å². The molecule has 0 aliphatic heterocycles. The lowest BCUT2D eigenvalue weighted by molar-refractivity contribution is 0.417. The monoisotopic (exact) mass is 323 g/mol. The summed E-state index contributed by atoms with van der Waals surface area (Å²) in [5.74, 6) is 0.857. The van der Waals surface area contributed by atoms with Gasteiger partial charge in [-0.2, -0.15) is 0 Å². The Balaban J connectivity index is 1.91. The van der Waals surface area contributed by atoms with Crippen molar-refractivity contribution < 1.29 is 4.74 Å². The number of para-hydroxylation sites is 2. The van der Waals surface area contributed by atoms with E-state index >= 15 is 0 Å². The van der Waals surface area contributed by atoms with E-state index in [1.807, 2.05) is 37.7 Å². The van der Waals surface area contributed by atoms with Gasteiger partial charge in [0.25, 0.3) is 0 Å². The quantitative estimate of drug-likeness (QED) is 0.626. The van der Waals surface area contributed by atoms with Gasteiger partial charge in [0.2, 0.25) is 0 Å². The first-order valence-corrected chi connectivity index (χ1v) is 8.52. The predicted molar refractivity (Wildman–Crippen MR) is 101 cm³/mol. The van der Waals surface area contributed by atoms with Crippen molar-refractivity contribution in [2.75, 3.05) is 26.0 Å². The molecule has 0 bridgehead atoms. The van der Waals surface area contributed by atoms with E-state index in [1.165, 1.54) is 17.5 Å². The molecule has 1 aliphatic rings. The summed E-state index contributed by atoms with van der Waals surface area (Å²) in [4.78, 5) is 6.76. The third-order valence-corrected chi connectivity index (χ3v) is 4.53. The van der Waals surface area contributed by atoms with Crippen LogP contribution in [0.1, 0.15) is 24.5 Å². The molecule has 24 heavy (non-hydrogen) atoms. The second-order valence-electron chi connectivity index (χ2n) is 6.09. The molecule has 0 fully saturated rings. The number of rotatable bonds is 6. The zero-order valence-electron chi connectivity index (χ0n) is 14.7. The van der Waals surface area contributed by atoms with Crippen LogP contribution in [0.4, 0.5) is 17.1 Å². The van der Waals surface area contributed by atoms with E-state index < -0.39 is 0 Å². The largest absolute Gasteiger partial charge is 0.495 e. The first-order valence-electron chi connectivity index (χ1n) is 8.52. The highest BCUT2D eigenvalue weighted by Crippen LogP contribution is 2.38. The van der Waals surface area contributed by atoms with Crippen molar-refractivity contribution >= 4 is 23.4 Å². The van der Waals surface area contributed by atoms with Gasteiger partial charge in [-0.3, -0.25) is 0 Å². The molecule has 0 spiro atoms. The molecule has 1 aliphatic carbocycles. The van der Waals surface area contributed by atoms with Crippen LogP contribution in [0, 0.1) is 0 Å². The lowest BCUT2D eigenvalue weighted by Gasteiger charge is -2.15. The minimum absolute atomic E-state index is 0.857. The van der Waals surface area contributed by atoms with Gasteiger partial charge < -0.3 is 15.0 Å². The molecule has 0 saturated carbocycles. The number of ether oxygens (including phenoxy) is 1. The zero-order valence-corrected chi connectivity index (χ0v) is 14.7. The second kappa shape index (κ2) is 7.39. The van der Waals surface area contributed by atoms with E-state index in [9.17, 15) is 0 Å². The average Bonchev–Trinajstić information content (AvgIpc) is 3.11.